The predicted molar refractivity (Wildman–Crippen MR) is 84.5 cm³/mol. The summed E-state index contributed by atoms with van der Waals surface area (Å²) < 4.78 is 0. The third-order valence-electron chi connectivity index (χ3n) is 4.07. The second-order valence-electron chi connectivity index (χ2n) is 5.42. The van der Waals surface area contributed by atoms with Crippen molar-refractivity contribution in [1.29, 1.82) is 0 Å². The summed E-state index contributed by atoms with van der Waals surface area (Å²) in [4.78, 5) is 26.2. The average molecular weight is 309 g/mol. The molecule has 0 aliphatic carbocycles. The monoisotopic (exact) mass is 308 g/mol. The van der Waals surface area contributed by atoms with E-state index in [0.717, 1.165) is 31.2 Å². The van der Waals surface area contributed by atoms with E-state index in [1.807, 2.05) is 6.92 Å². The van der Waals surface area contributed by atoms with Gasteiger partial charge in [0.2, 0.25) is 0 Å². The van der Waals surface area contributed by atoms with Gasteiger partial charge < -0.3 is 10.2 Å². The number of carbonyl (C=O) groups is 2. The number of carbonyl (C=O) groups excluding carboxylic acids is 2. The van der Waals surface area contributed by atoms with Crippen molar-refractivity contribution in [2.45, 2.75) is 45.6 Å². The van der Waals surface area contributed by atoms with Crippen molar-refractivity contribution < 1.29 is 9.59 Å². The smallest absolute Gasteiger partial charge is 0.313 e. The van der Waals surface area contributed by atoms with Crippen molar-refractivity contribution in [2.24, 2.45) is 0 Å². The highest BCUT2D eigenvalue weighted by Crippen LogP contribution is 2.24. The maximum absolute atomic E-state index is 12.3. The number of nitrogens with zero attached hydrogens (tertiary/aromatic N) is 1. The maximum Gasteiger partial charge on any atom is 0.313 e. The standard InChI is InChI=1S/C16H21ClN2O2/c1-3-12-7-4-5-10-19(12)16(21)15(20)18-14-9-6-8-13(17)11(14)2/h6,8-9,12H,3-5,7,10H2,1-2H3,(H,18,20). The number of piperidine rings is 1. The fourth-order valence-corrected chi connectivity index (χ4v) is 2.92. The fourth-order valence-electron chi connectivity index (χ4n) is 2.74. The molecular weight excluding hydrogens is 288 g/mol. The van der Waals surface area contributed by atoms with Gasteiger partial charge in [-0.25, -0.2) is 0 Å². The Morgan fingerprint density at radius 2 is 2.14 bits per heavy atom. The van der Waals surface area contributed by atoms with Crippen LogP contribution in [0.5, 0.6) is 0 Å². The fraction of sp³-hybridized carbons (Fsp3) is 0.500. The van der Waals surface area contributed by atoms with Gasteiger partial charge in [-0.15, -0.1) is 0 Å². The molecule has 0 saturated carbocycles. The summed E-state index contributed by atoms with van der Waals surface area (Å²) >= 11 is 6.02. The lowest BCUT2D eigenvalue weighted by molar-refractivity contribution is -0.145. The molecule has 0 spiro atoms. The Hall–Kier alpha value is -1.55. The van der Waals surface area contributed by atoms with E-state index in [9.17, 15) is 9.59 Å². The molecule has 1 unspecified atom stereocenters. The highest BCUT2D eigenvalue weighted by Gasteiger charge is 2.29. The highest BCUT2D eigenvalue weighted by molar-refractivity contribution is 6.40. The minimum atomic E-state index is -0.583. The molecule has 2 rings (SSSR count). The van der Waals surface area contributed by atoms with Crippen molar-refractivity contribution >= 4 is 29.1 Å². The normalized spacial score (nSPS) is 18.4. The van der Waals surface area contributed by atoms with E-state index in [4.69, 9.17) is 11.6 Å². The number of halogens is 1. The molecule has 1 N–H and O–H groups in total. The third-order valence-corrected chi connectivity index (χ3v) is 4.48. The summed E-state index contributed by atoms with van der Waals surface area (Å²) in [7, 11) is 0. The van der Waals surface area contributed by atoms with Crippen LogP contribution in [0.25, 0.3) is 0 Å². The minimum Gasteiger partial charge on any atom is -0.331 e. The zero-order valence-electron chi connectivity index (χ0n) is 12.5. The molecule has 1 aliphatic heterocycles. The average Bonchev–Trinajstić information content (AvgIpc) is 2.51. The van der Waals surface area contributed by atoms with Crippen LogP contribution >= 0.6 is 11.6 Å². The molecule has 1 heterocycles. The molecule has 114 valence electrons. The first kappa shape index (κ1) is 15.8. The van der Waals surface area contributed by atoms with Crippen LogP contribution < -0.4 is 5.32 Å². The van der Waals surface area contributed by atoms with E-state index in [1.54, 1.807) is 23.1 Å². The van der Waals surface area contributed by atoms with Crippen LogP contribution in [-0.2, 0) is 9.59 Å². The molecule has 4 nitrogen and oxygen atoms in total. The van der Waals surface area contributed by atoms with Crippen molar-refractivity contribution in [3.63, 3.8) is 0 Å². The quantitative estimate of drug-likeness (QED) is 0.852. The van der Waals surface area contributed by atoms with Crippen molar-refractivity contribution in [3.05, 3.63) is 28.8 Å². The van der Waals surface area contributed by atoms with E-state index in [2.05, 4.69) is 12.2 Å². The lowest BCUT2D eigenvalue weighted by atomic mass is 10.00. The zero-order valence-corrected chi connectivity index (χ0v) is 13.2. The van der Waals surface area contributed by atoms with Gasteiger partial charge in [0.15, 0.2) is 0 Å². The molecular formula is C16H21ClN2O2. The Morgan fingerprint density at radius 3 is 2.86 bits per heavy atom. The molecule has 21 heavy (non-hydrogen) atoms. The number of rotatable bonds is 2. The summed E-state index contributed by atoms with van der Waals surface area (Å²) in [6.45, 7) is 4.53. The van der Waals surface area contributed by atoms with E-state index in [0.29, 0.717) is 17.3 Å². The predicted octanol–water partition coefficient (Wildman–Crippen LogP) is 3.38. The van der Waals surface area contributed by atoms with Crippen LogP contribution in [0, 0.1) is 6.92 Å². The summed E-state index contributed by atoms with van der Waals surface area (Å²) in [6, 6.07) is 5.44. The summed E-state index contributed by atoms with van der Waals surface area (Å²) in [5, 5.41) is 3.25. The Balaban J connectivity index is 2.08. The van der Waals surface area contributed by atoms with Gasteiger partial charge in [0, 0.05) is 23.3 Å². The number of anilines is 1. The van der Waals surface area contributed by atoms with E-state index >= 15 is 0 Å². The highest BCUT2D eigenvalue weighted by atomic mass is 35.5. The van der Waals surface area contributed by atoms with Crippen molar-refractivity contribution in [3.8, 4) is 0 Å². The van der Waals surface area contributed by atoms with Gasteiger partial charge in [-0.3, -0.25) is 9.59 Å². The van der Waals surface area contributed by atoms with Gasteiger partial charge in [-0.1, -0.05) is 24.6 Å². The van der Waals surface area contributed by atoms with E-state index in [1.165, 1.54) is 0 Å². The molecule has 0 radical (unpaired) electrons. The first-order valence-corrected chi connectivity index (χ1v) is 7.79. The van der Waals surface area contributed by atoms with Gasteiger partial charge in [-0.05, 0) is 50.3 Å². The SMILES string of the molecule is CCC1CCCCN1C(=O)C(=O)Nc1cccc(Cl)c1C. The number of hydrogen-bond acceptors (Lipinski definition) is 2. The van der Waals surface area contributed by atoms with Crippen molar-refractivity contribution in [1.82, 2.24) is 4.90 Å². The van der Waals surface area contributed by atoms with Crippen LogP contribution in [0.15, 0.2) is 18.2 Å². The number of hydrogen-bond donors (Lipinski definition) is 1. The molecule has 0 bridgehead atoms. The summed E-state index contributed by atoms with van der Waals surface area (Å²) in [5.41, 5.74) is 1.36. The van der Waals surface area contributed by atoms with Crippen LogP contribution in [0.4, 0.5) is 5.69 Å². The van der Waals surface area contributed by atoms with Gasteiger partial charge in [0.1, 0.15) is 0 Å². The van der Waals surface area contributed by atoms with Crippen LogP contribution in [-0.4, -0.2) is 29.3 Å². The summed E-state index contributed by atoms with van der Waals surface area (Å²) in [5.74, 6) is -1.03. The molecule has 1 aromatic carbocycles. The van der Waals surface area contributed by atoms with E-state index < -0.39 is 11.8 Å². The molecule has 0 aromatic heterocycles. The summed E-state index contributed by atoms with van der Waals surface area (Å²) in [6.07, 6.45) is 3.95. The lowest BCUT2D eigenvalue weighted by Crippen LogP contribution is -2.48. The molecule has 1 aromatic rings. The second kappa shape index (κ2) is 6.94. The largest absolute Gasteiger partial charge is 0.331 e. The van der Waals surface area contributed by atoms with Gasteiger partial charge in [-0.2, -0.15) is 0 Å². The van der Waals surface area contributed by atoms with Gasteiger partial charge in [0.05, 0.1) is 0 Å². The molecule has 1 fully saturated rings. The Morgan fingerprint density at radius 1 is 1.38 bits per heavy atom. The van der Waals surface area contributed by atoms with Gasteiger partial charge in [0.25, 0.3) is 0 Å². The molecule has 1 atom stereocenters. The number of nitrogens with one attached hydrogen (secondary N) is 1. The Bertz CT molecular complexity index is 545. The number of likely N-dealkylation sites (tertiary alicyclic amines) is 1. The van der Waals surface area contributed by atoms with Crippen molar-refractivity contribution in [2.75, 3.05) is 11.9 Å². The Labute approximate surface area is 130 Å². The van der Waals surface area contributed by atoms with E-state index in [-0.39, 0.29) is 6.04 Å². The van der Waals surface area contributed by atoms with Crippen LogP contribution in [0.3, 0.4) is 0 Å². The molecule has 2 amide bonds. The van der Waals surface area contributed by atoms with Gasteiger partial charge >= 0.3 is 11.8 Å². The second-order valence-corrected chi connectivity index (χ2v) is 5.83. The zero-order chi connectivity index (χ0) is 15.4. The first-order valence-electron chi connectivity index (χ1n) is 7.41. The Kier molecular flexibility index (Phi) is 5.23. The minimum absolute atomic E-state index is 0.178. The lowest BCUT2D eigenvalue weighted by Gasteiger charge is -2.34. The molecule has 1 aliphatic rings. The first-order chi connectivity index (χ1) is 10.0. The third kappa shape index (κ3) is 3.56. The number of benzene rings is 1. The molecule has 1 saturated heterocycles. The molecule has 5 heteroatoms. The number of amides is 2. The van der Waals surface area contributed by atoms with Crippen LogP contribution in [0.2, 0.25) is 5.02 Å². The topological polar surface area (TPSA) is 49.4 Å². The maximum atomic E-state index is 12.3. The van der Waals surface area contributed by atoms with Crippen LogP contribution in [0.1, 0.15) is 38.2 Å².